The summed E-state index contributed by atoms with van der Waals surface area (Å²) in [7, 11) is 1.82. The maximum Gasteiger partial charge on any atom is 0.238 e. The van der Waals surface area contributed by atoms with Crippen molar-refractivity contribution in [2.45, 2.75) is 27.3 Å². The lowest BCUT2D eigenvalue weighted by Crippen LogP contribution is -2.30. The van der Waals surface area contributed by atoms with Gasteiger partial charge in [-0.2, -0.15) is 0 Å². The number of carbonyl (C=O) groups is 1. The van der Waals surface area contributed by atoms with Crippen molar-refractivity contribution in [3.05, 3.63) is 69.0 Å². The van der Waals surface area contributed by atoms with Gasteiger partial charge in [0, 0.05) is 16.6 Å². The molecule has 0 saturated heterocycles. The van der Waals surface area contributed by atoms with E-state index in [-0.39, 0.29) is 18.0 Å². The van der Waals surface area contributed by atoms with Gasteiger partial charge in [0.25, 0.3) is 0 Å². The molecule has 0 aliphatic carbocycles. The summed E-state index contributed by atoms with van der Waals surface area (Å²) in [6.45, 7) is 6.60. The number of anilines is 1. The van der Waals surface area contributed by atoms with Crippen LogP contribution < -0.4 is 5.32 Å². The Morgan fingerprint density at radius 3 is 2.52 bits per heavy atom. The van der Waals surface area contributed by atoms with E-state index in [0.717, 1.165) is 45.6 Å². The summed E-state index contributed by atoms with van der Waals surface area (Å²) in [4.78, 5) is 18.7. The van der Waals surface area contributed by atoms with Crippen molar-refractivity contribution in [1.82, 2.24) is 9.88 Å². The van der Waals surface area contributed by atoms with E-state index in [0.29, 0.717) is 12.2 Å². The second-order valence-electron chi connectivity index (χ2n) is 7.24. The molecule has 3 aromatic rings. The van der Waals surface area contributed by atoms with Gasteiger partial charge in [-0.25, -0.2) is 13.8 Å². The molecule has 1 aromatic heterocycles. The number of benzene rings is 2. The molecule has 0 spiro atoms. The van der Waals surface area contributed by atoms with Gasteiger partial charge in [0.1, 0.15) is 16.6 Å². The second-order valence-corrected chi connectivity index (χ2v) is 8.19. The molecule has 0 radical (unpaired) electrons. The highest BCUT2D eigenvalue weighted by Gasteiger charge is 2.14. The highest BCUT2D eigenvalue weighted by molar-refractivity contribution is 7.09. The molecule has 0 aliphatic heterocycles. The predicted molar refractivity (Wildman–Crippen MR) is 113 cm³/mol. The summed E-state index contributed by atoms with van der Waals surface area (Å²) in [6, 6.07) is 7.38. The van der Waals surface area contributed by atoms with Crippen molar-refractivity contribution < 1.29 is 13.6 Å². The van der Waals surface area contributed by atoms with Crippen LogP contribution in [0.4, 0.5) is 14.5 Å². The average Bonchev–Trinajstić information content (AvgIpc) is 3.08. The van der Waals surface area contributed by atoms with Crippen LogP contribution in [-0.4, -0.2) is 29.4 Å². The van der Waals surface area contributed by atoms with E-state index >= 15 is 0 Å². The first-order valence-corrected chi connectivity index (χ1v) is 10.1. The molecule has 0 aliphatic rings. The smallest absolute Gasteiger partial charge is 0.238 e. The first-order chi connectivity index (χ1) is 13.7. The fourth-order valence-electron chi connectivity index (χ4n) is 3.29. The molecule has 2 aromatic carbocycles. The minimum absolute atomic E-state index is 0.115. The van der Waals surface area contributed by atoms with Crippen molar-refractivity contribution in [3.8, 4) is 11.3 Å². The zero-order valence-corrected chi connectivity index (χ0v) is 17.7. The largest absolute Gasteiger partial charge is 0.324 e. The van der Waals surface area contributed by atoms with Crippen LogP contribution >= 0.6 is 11.3 Å². The minimum atomic E-state index is -0.514. The third kappa shape index (κ3) is 5.25. The van der Waals surface area contributed by atoms with Crippen molar-refractivity contribution in [2.24, 2.45) is 0 Å². The van der Waals surface area contributed by atoms with Crippen LogP contribution in [0.15, 0.2) is 35.7 Å². The van der Waals surface area contributed by atoms with Crippen LogP contribution in [0.3, 0.4) is 0 Å². The fraction of sp³-hybridized carbons (Fsp3) is 0.273. The van der Waals surface area contributed by atoms with Crippen LogP contribution in [-0.2, 0) is 11.3 Å². The molecule has 1 N–H and O–H groups in total. The molecule has 3 rings (SSSR count). The third-order valence-electron chi connectivity index (χ3n) is 4.52. The van der Waals surface area contributed by atoms with E-state index in [4.69, 9.17) is 0 Å². The Balaban J connectivity index is 1.63. The summed E-state index contributed by atoms with van der Waals surface area (Å²) in [5, 5.41) is 5.40. The van der Waals surface area contributed by atoms with Crippen LogP contribution in [0.2, 0.25) is 0 Å². The van der Waals surface area contributed by atoms with E-state index in [1.807, 2.05) is 44.9 Å². The standard InChI is InChI=1S/C22H23F2N3OS/c1-13-7-14(2)22(15(3)8-13)26-20(28)10-27(4)11-21-25-19(12-29-21)17-9-16(23)5-6-18(17)24/h5-9,12H,10-11H2,1-4H3,(H,26,28). The lowest BCUT2D eigenvalue weighted by molar-refractivity contribution is -0.117. The Morgan fingerprint density at radius 2 is 1.83 bits per heavy atom. The topological polar surface area (TPSA) is 45.2 Å². The molecule has 0 atom stereocenters. The summed E-state index contributed by atoms with van der Waals surface area (Å²) >= 11 is 1.35. The summed E-state index contributed by atoms with van der Waals surface area (Å²) < 4.78 is 27.3. The molecule has 0 saturated carbocycles. The van der Waals surface area contributed by atoms with Crippen molar-refractivity contribution >= 4 is 22.9 Å². The summed E-state index contributed by atoms with van der Waals surface area (Å²) in [6.07, 6.45) is 0. The monoisotopic (exact) mass is 415 g/mol. The number of aryl methyl sites for hydroxylation is 3. The van der Waals surface area contributed by atoms with Gasteiger partial charge in [0.05, 0.1) is 18.8 Å². The van der Waals surface area contributed by atoms with Gasteiger partial charge in [-0.3, -0.25) is 9.69 Å². The molecule has 152 valence electrons. The van der Waals surface area contributed by atoms with Crippen molar-refractivity contribution in [2.75, 3.05) is 18.9 Å². The van der Waals surface area contributed by atoms with Crippen LogP contribution in [0, 0.1) is 32.4 Å². The fourth-order valence-corrected chi connectivity index (χ4v) is 4.16. The molecule has 0 bridgehead atoms. The molecular weight excluding hydrogens is 392 g/mol. The highest BCUT2D eigenvalue weighted by Crippen LogP contribution is 2.26. The number of rotatable bonds is 6. The van der Waals surface area contributed by atoms with E-state index in [1.165, 1.54) is 11.3 Å². The van der Waals surface area contributed by atoms with Gasteiger partial charge in [-0.05, 0) is 57.1 Å². The van der Waals surface area contributed by atoms with E-state index in [1.54, 1.807) is 5.38 Å². The maximum absolute atomic E-state index is 13.9. The number of carbonyl (C=O) groups excluding carboxylic acids is 1. The van der Waals surface area contributed by atoms with Crippen LogP contribution in [0.25, 0.3) is 11.3 Å². The predicted octanol–water partition coefficient (Wildman–Crippen LogP) is 5.08. The molecule has 1 amide bonds. The van der Waals surface area contributed by atoms with Gasteiger partial charge in [0.15, 0.2) is 0 Å². The quantitative estimate of drug-likeness (QED) is 0.610. The molecule has 0 fully saturated rings. The van der Waals surface area contributed by atoms with Crippen molar-refractivity contribution in [3.63, 3.8) is 0 Å². The number of nitrogens with one attached hydrogen (secondary N) is 1. The summed E-state index contributed by atoms with van der Waals surface area (Å²) in [5.41, 5.74) is 4.58. The number of halogens is 2. The summed E-state index contributed by atoms with van der Waals surface area (Å²) in [5.74, 6) is -1.14. The first kappa shape index (κ1) is 21.1. The maximum atomic E-state index is 13.9. The van der Waals surface area contributed by atoms with Crippen LogP contribution in [0.1, 0.15) is 21.7 Å². The van der Waals surface area contributed by atoms with Gasteiger partial charge in [0.2, 0.25) is 5.91 Å². The van der Waals surface area contributed by atoms with Crippen LogP contribution in [0.5, 0.6) is 0 Å². The Morgan fingerprint density at radius 1 is 1.14 bits per heavy atom. The van der Waals surface area contributed by atoms with Gasteiger partial charge >= 0.3 is 0 Å². The number of hydrogen-bond donors (Lipinski definition) is 1. The zero-order valence-electron chi connectivity index (χ0n) is 16.8. The number of amides is 1. The van der Waals surface area contributed by atoms with E-state index in [9.17, 15) is 13.6 Å². The average molecular weight is 416 g/mol. The normalized spacial score (nSPS) is 11.1. The van der Waals surface area contributed by atoms with Crippen molar-refractivity contribution in [1.29, 1.82) is 0 Å². The lowest BCUT2D eigenvalue weighted by Gasteiger charge is -2.17. The molecular formula is C22H23F2N3OS. The minimum Gasteiger partial charge on any atom is -0.324 e. The van der Waals surface area contributed by atoms with E-state index < -0.39 is 11.6 Å². The SMILES string of the molecule is Cc1cc(C)c(NC(=O)CN(C)Cc2nc(-c3cc(F)ccc3F)cs2)c(C)c1. The molecule has 29 heavy (non-hydrogen) atoms. The molecule has 7 heteroatoms. The highest BCUT2D eigenvalue weighted by atomic mass is 32.1. The lowest BCUT2D eigenvalue weighted by atomic mass is 10.1. The Kier molecular flexibility index (Phi) is 6.39. The van der Waals surface area contributed by atoms with E-state index in [2.05, 4.69) is 10.3 Å². The second kappa shape index (κ2) is 8.80. The number of likely N-dealkylation sites (N-methyl/N-ethyl adjacent to an activating group) is 1. The van der Waals surface area contributed by atoms with Gasteiger partial charge in [-0.15, -0.1) is 11.3 Å². The third-order valence-corrected chi connectivity index (χ3v) is 5.35. The number of nitrogens with zero attached hydrogens (tertiary/aromatic N) is 2. The molecule has 1 heterocycles. The zero-order chi connectivity index (χ0) is 21.1. The number of hydrogen-bond acceptors (Lipinski definition) is 4. The van der Waals surface area contributed by atoms with Gasteiger partial charge in [-0.1, -0.05) is 17.7 Å². The van der Waals surface area contributed by atoms with Gasteiger partial charge < -0.3 is 5.32 Å². The first-order valence-electron chi connectivity index (χ1n) is 9.19. The molecule has 0 unspecified atom stereocenters. The molecule has 4 nitrogen and oxygen atoms in total. The number of thiazole rings is 1. The number of aromatic nitrogens is 1. The Hall–Kier alpha value is -2.64. The Bertz CT molecular complexity index is 1030. The Labute approximate surface area is 173 Å².